The Labute approximate surface area is 225 Å². The van der Waals surface area contributed by atoms with Crippen molar-refractivity contribution in [2.75, 3.05) is 0 Å². The Balaban J connectivity index is -0.0000000981. The summed E-state index contributed by atoms with van der Waals surface area (Å²) in [6.07, 6.45) is 6.73. The van der Waals surface area contributed by atoms with Crippen LogP contribution < -0.4 is 4.73 Å². The summed E-state index contributed by atoms with van der Waals surface area (Å²) in [5, 5.41) is 9.06. The van der Waals surface area contributed by atoms with Crippen LogP contribution in [0.15, 0.2) is 36.9 Å². The van der Waals surface area contributed by atoms with Crippen LogP contribution in [0, 0.1) is 12.1 Å². The van der Waals surface area contributed by atoms with Crippen LogP contribution in [0.4, 0.5) is 0 Å². The second-order valence-corrected chi connectivity index (χ2v) is 7.08. The van der Waals surface area contributed by atoms with Crippen LogP contribution in [-0.4, -0.2) is 10.2 Å². The zero-order valence-electron chi connectivity index (χ0n) is 19.0. The summed E-state index contributed by atoms with van der Waals surface area (Å²) in [7, 11) is 0. The molecule has 3 nitrogen and oxygen atoms in total. The van der Waals surface area contributed by atoms with Gasteiger partial charge in [-0.1, -0.05) is 99.9 Å². The van der Waals surface area contributed by atoms with Crippen LogP contribution in [0.2, 0.25) is 0 Å². The monoisotopic (exact) mass is 539 g/mol. The number of rotatable bonds is 0. The Bertz CT molecular complexity index is 563. The molecule has 2 rings (SSSR count). The van der Waals surface area contributed by atoms with E-state index in [4.69, 9.17) is 5.21 Å². The van der Waals surface area contributed by atoms with Crippen molar-refractivity contribution < 1.29 is 75.4 Å². The zero-order valence-corrected chi connectivity index (χ0v) is 24.6. The van der Waals surface area contributed by atoms with Gasteiger partial charge in [0.2, 0.25) is 0 Å². The molecule has 28 heavy (non-hydrogen) atoms. The number of aromatic nitrogens is 2. The van der Waals surface area contributed by atoms with Gasteiger partial charge in [-0.05, 0) is 4.73 Å². The number of nitrogens with zero attached hydrogens (tertiary/aromatic N) is 2. The Morgan fingerprint density at radius 3 is 1.50 bits per heavy atom. The molecule has 5 heteroatoms. The molecule has 156 valence electrons. The first-order valence-electron chi connectivity index (χ1n) is 9.04. The van der Waals surface area contributed by atoms with Crippen molar-refractivity contribution in [2.24, 2.45) is 0 Å². The Morgan fingerprint density at radius 2 is 1.25 bits per heavy atom. The van der Waals surface area contributed by atoms with E-state index in [0.717, 1.165) is 10.3 Å². The molecule has 0 fully saturated rings. The minimum atomic E-state index is 0. The summed E-state index contributed by atoms with van der Waals surface area (Å²) in [5.41, 5.74) is 2.57. The van der Waals surface area contributed by atoms with Crippen molar-refractivity contribution in [3.63, 3.8) is 0 Å². The van der Waals surface area contributed by atoms with Crippen molar-refractivity contribution >= 4 is 0 Å². The molecule has 0 amide bonds. The van der Waals surface area contributed by atoms with Crippen LogP contribution in [0.5, 0.6) is 0 Å². The Morgan fingerprint density at radius 1 is 0.821 bits per heavy atom. The molecular formula is C23H41N2OY2-. The van der Waals surface area contributed by atoms with Crippen LogP contribution in [0.1, 0.15) is 87.8 Å². The zero-order chi connectivity index (χ0) is 20.1. The molecule has 2 aromatic rings. The molecule has 2 aromatic heterocycles. The van der Waals surface area contributed by atoms with Gasteiger partial charge in [-0.2, -0.15) is 11.6 Å². The van der Waals surface area contributed by atoms with Gasteiger partial charge in [0.05, 0.1) is 0 Å². The van der Waals surface area contributed by atoms with E-state index in [9.17, 15) is 0 Å². The summed E-state index contributed by atoms with van der Waals surface area (Å²) in [4.78, 5) is 4.00. The van der Waals surface area contributed by atoms with Crippen molar-refractivity contribution in [2.45, 2.75) is 87.5 Å². The maximum atomic E-state index is 9.06. The predicted molar refractivity (Wildman–Crippen MR) is 113 cm³/mol. The second-order valence-electron chi connectivity index (χ2n) is 7.08. The van der Waals surface area contributed by atoms with Crippen molar-refractivity contribution in [3.8, 4) is 0 Å². The largest absolute Gasteiger partial charge is 0.304 e. The van der Waals surface area contributed by atoms with Crippen LogP contribution >= 0.6 is 0 Å². The first kappa shape index (κ1) is 38.9. The maximum Gasteiger partial charge on any atom is 0.146 e. The van der Waals surface area contributed by atoms with Crippen LogP contribution in [0.3, 0.4) is 0 Å². The molecule has 0 aromatic carbocycles. The summed E-state index contributed by atoms with van der Waals surface area (Å²) < 4.78 is 1.03. The van der Waals surface area contributed by atoms with Gasteiger partial charge in [0.1, 0.15) is 12.4 Å². The van der Waals surface area contributed by atoms with E-state index in [0.29, 0.717) is 0 Å². The third-order valence-electron chi connectivity index (χ3n) is 3.05. The fraction of sp³-hybridized carbons (Fsp3) is 0.565. The predicted octanol–water partition coefficient (Wildman–Crippen LogP) is 6.17. The normalized spacial score (nSPS) is 9.07. The van der Waals surface area contributed by atoms with Gasteiger partial charge in [-0.3, -0.25) is 5.21 Å². The molecule has 2 radical (unpaired) electrons. The van der Waals surface area contributed by atoms with Gasteiger partial charge in [0, 0.05) is 65.4 Å². The molecule has 0 bridgehead atoms. The molecule has 0 aliphatic heterocycles. The summed E-state index contributed by atoms with van der Waals surface area (Å²) >= 11 is 0. The standard InChI is InChI=1S/C9H13NO.C9H12N.2C2H6.CH4.2Y/c1-9(2,3)8-5-4-6-10(11)7-8;1-9(2,3)8-5-4-6-10-7-8;2*1-2;;;/h5-7,11H,1-3H3;5-7H,1-3H3;2*1-2H3;1H4;;/q;-1;;;;;. The minimum Gasteiger partial charge on any atom is -0.304 e. The van der Waals surface area contributed by atoms with E-state index in [-0.39, 0.29) is 83.7 Å². The summed E-state index contributed by atoms with van der Waals surface area (Å²) in [6.45, 7) is 20.8. The van der Waals surface area contributed by atoms with Crippen LogP contribution in [0.25, 0.3) is 0 Å². The number of pyridine rings is 2. The van der Waals surface area contributed by atoms with Gasteiger partial charge in [-0.15, -0.1) is 5.56 Å². The third kappa shape index (κ3) is 18.3. The van der Waals surface area contributed by atoms with Gasteiger partial charge < -0.3 is 4.98 Å². The molecule has 0 unspecified atom stereocenters. The minimum absolute atomic E-state index is 0. The summed E-state index contributed by atoms with van der Waals surface area (Å²) in [6, 6.07) is 9.67. The molecule has 2 heterocycles. The molecule has 0 aliphatic rings. The fourth-order valence-corrected chi connectivity index (χ4v) is 1.57. The SMILES string of the molecule is C.CC.CC.CC(C)(C)c1c[c-]c[n+](O)c1.CC(C)(C)c1c[c-]cnc1.[Y].[Y]. The molecule has 0 saturated heterocycles. The van der Waals surface area contributed by atoms with E-state index >= 15 is 0 Å². The van der Waals surface area contributed by atoms with E-state index in [1.807, 2.05) is 46.0 Å². The van der Waals surface area contributed by atoms with E-state index in [1.54, 1.807) is 12.4 Å². The summed E-state index contributed by atoms with van der Waals surface area (Å²) in [5.74, 6) is 0. The Hall–Kier alpha value is 0.308. The fourth-order valence-electron chi connectivity index (χ4n) is 1.57. The van der Waals surface area contributed by atoms with E-state index in [2.05, 4.69) is 58.7 Å². The first-order valence-corrected chi connectivity index (χ1v) is 9.04. The van der Waals surface area contributed by atoms with E-state index < -0.39 is 0 Å². The maximum absolute atomic E-state index is 9.06. The average molecular weight is 539 g/mol. The number of hydrogen-bond acceptors (Lipinski definition) is 2. The molecule has 0 atom stereocenters. The van der Waals surface area contributed by atoms with Gasteiger partial charge in [-0.25, -0.2) is 18.2 Å². The third-order valence-corrected chi connectivity index (χ3v) is 3.05. The first-order chi connectivity index (χ1) is 11.6. The van der Waals surface area contributed by atoms with E-state index in [1.165, 1.54) is 11.8 Å². The van der Waals surface area contributed by atoms with Gasteiger partial charge in [0.25, 0.3) is 0 Å². The molecule has 0 spiro atoms. The van der Waals surface area contributed by atoms with Gasteiger partial charge >= 0.3 is 0 Å². The molecular weight excluding hydrogens is 498 g/mol. The van der Waals surface area contributed by atoms with Gasteiger partial charge in [0.15, 0.2) is 0 Å². The van der Waals surface area contributed by atoms with Crippen molar-refractivity contribution in [1.82, 2.24) is 4.98 Å². The topological polar surface area (TPSA) is 37.0 Å². The van der Waals surface area contributed by atoms with Crippen molar-refractivity contribution in [3.05, 3.63) is 60.2 Å². The van der Waals surface area contributed by atoms with Crippen molar-refractivity contribution in [1.29, 1.82) is 0 Å². The average Bonchev–Trinajstić information content (AvgIpc) is 2.58. The quantitative estimate of drug-likeness (QED) is 0.247. The van der Waals surface area contributed by atoms with Crippen LogP contribution in [-0.2, 0) is 76.2 Å². The molecule has 0 aliphatic carbocycles. The molecule has 0 saturated carbocycles. The molecule has 1 N–H and O–H groups in total. The second kappa shape index (κ2) is 20.6. The number of hydrogen-bond donors (Lipinski definition) is 1. The Kier molecular flexibility index (Phi) is 28.6. The smallest absolute Gasteiger partial charge is 0.146 e.